The van der Waals surface area contributed by atoms with Gasteiger partial charge in [0.15, 0.2) is 6.61 Å². The first kappa shape index (κ1) is 22.9. The van der Waals surface area contributed by atoms with E-state index < -0.39 is 18.5 Å². The topological polar surface area (TPSA) is 92.8 Å². The monoisotopic (exact) mass is 452 g/mol. The zero-order chi connectivity index (χ0) is 22.9. The first-order chi connectivity index (χ1) is 15.5. The number of carbonyl (C=O) groups is 2. The van der Waals surface area contributed by atoms with Crippen molar-refractivity contribution in [2.75, 3.05) is 18.1 Å². The molecule has 0 aliphatic rings. The SMILES string of the molecule is Cc1cc(N(CCC#N)C(=O)COC(=O)c2ccc(COc3ccccc3)o2)ccc1Cl. The molecule has 0 radical (unpaired) electrons. The first-order valence-corrected chi connectivity index (χ1v) is 10.2. The van der Waals surface area contributed by atoms with Crippen molar-refractivity contribution in [3.05, 3.63) is 82.8 Å². The molecule has 3 aromatic rings. The fourth-order valence-electron chi connectivity index (χ4n) is 2.87. The Morgan fingerprint density at radius 3 is 2.62 bits per heavy atom. The lowest BCUT2D eigenvalue weighted by Gasteiger charge is -2.22. The summed E-state index contributed by atoms with van der Waals surface area (Å²) in [6.07, 6.45) is 0.129. The van der Waals surface area contributed by atoms with Gasteiger partial charge in [0.1, 0.15) is 18.1 Å². The van der Waals surface area contributed by atoms with Crippen LogP contribution < -0.4 is 9.64 Å². The number of nitrogens with zero attached hydrogens (tertiary/aromatic N) is 2. The van der Waals surface area contributed by atoms with Gasteiger partial charge in [-0.05, 0) is 55.0 Å². The highest BCUT2D eigenvalue weighted by molar-refractivity contribution is 6.31. The molecule has 0 fully saturated rings. The lowest BCUT2D eigenvalue weighted by molar-refractivity contribution is -0.121. The van der Waals surface area contributed by atoms with Crippen LogP contribution in [0.5, 0.6) is 5.75 Å². The highest BCUT2D eigenvalue weighted by atomic mass is 35.5. The molecule has 0 saturated carbocycles. The third kappa shape index (κ3) is 6.13. The molecule has 0 bridgehead atoms. The van der Waals surface area contributed by atoms with Crippen LogP contribution in [0, 0.1) is 18.3 Å². The van der Waals surface area contributed by atoms with E-state index in [1.54, 1.807) is 24.3 Å². The zero-order valence-electron chi connectivity index (χ0n) is 17.4. The number of halogens is 1. The Labute approximate surface area is 190 Å². The van der Waals surface area contributed by atoms with Crippen LogP contribution in [-0.2, 0) is 16.1 Å². The number of carbonyl (C=O) groups excluding carboxylic acids is 2. The molecule has 0 aliphatic heterocycles. The number of furan rings is 1. The lowest BCUT2D eigenvalue weighted by Crippen LogP contribution is -2.35. The van der Waals surface area contributed by atoms with Gasteiger partial charge in [-0.15, -0.1) is 0 Å². The van der Waals surface area contributed by atoms with Crippen LogP contribution in [0.3, 0.4) is 0 Å². The third-order valence-corrected chi connectivity index (χ3v) is 4.94. The van der Waals surface area contributed by atoms with Crippen LogP contribution in [0.15, 0.2) is 65.1 Å². The molecule has 2 aromatic carbocycles. The summed E-state index contributed by atoms with van der Waals surface area (Å²) in [7, 11) is 0. The Morgan fingerprint density at radius 2 is 1.91 bits per heavy atom. The number of nitriles is 1. The molecule has 1 amide bonds. The van der Waals surface area contributed by atoms with Crippen LogP contribution in [-0.4, -0.2) is 25.0 Å². The Balaban J connectivity index is 1.58. The van der Waals surface area contributed by atoms with Crippen molar-refractivity contribution < 1.29 is 23.5 Å². The maximum Gasteiger partial charge on any atom is 0.374 e. The maximum absolute atomic E-state index is 12.7. The van der Waals surface area contributed by atoms with Gasteiger partial charge in [0.25, 0.3) is 5.91 Å². The van der Waals surface area contributed by atoms with Crippen molar-refractivity contribution in [1.82, 2.24) is 0 Å². The minimum atomic E-state index is -0.767. The zero-order valence-corrected chi connectivity index (χ0v) is 18.2. The van der Waals surface area contributed by atoms with Crippen molar-refractivity contribution in [3.63, 3.8) is 0 Å². The highest BCUT2D eigenvalue weighted by Crippen LogP contribution is 2.23. The van der Waals surface area contributed by atoms with E-state index in [1.807, 2.05) is 43.3 Å². The molecule has 0 N–H and O–H groups in total. The number of esters is 1. The van der Waals surface area contributed by atoms with Gasteiger partial charge in [-0.2, -0.15) is 5.26 Å². The van der Waals surface area contributed by atoms with E-state index in [2.05, 4.69) is 0 Å². The Morgan fingerprint density at radius 1 is 1.12 bits per heavy atom. The molecule has 0 aliphatic carbocycles. The second-order valence-corrected chi connectivity index (χ2v) is 7.24. The molecule has 164 valence electrons. The van der Waals surface area contributed by atoms with Crippen molar-refractivity contribution >= 4 is 29.2 Å². The largest absolute Gasteiger partial charge is 0.486 e. The van der Waals surface area contributed by atoms with E-state index in [1.165, 1.54) is 11.0 Å². The number of aryl methyl sites for hydroxylation is 1. The van der Waals surface area contributed by atoms with Crippen molar-refractivity contribution in [2.45, 2.75) is 20.0 Å². The number of anilines is 1. The summed E-state index contributed by atoms with van der Waals surface area (Å²) >= 11 is 6.05. The van der Waals surface area contributed by atoms with E-state index >= 15 is 0 Å². The molecular weight excluding hydrogens is 432 g/mol. The van der Waals surface area contributed by atoms with Gasteiger partial charge in [-0.1, -0.05) is 29.8 Å². The van der Waals surface area contributed by atoms with Gasteiger partial charge in [-0.3, -0.25) is 4.79 Å². The molecule has 7 nitrogen and oxygen atoms in total. The average molecular weight is 453 g/mol. The molecule has 32 heavy (non-hydrogen) atoms. The summed E-state index contributed by atoms with van der Waals surface area (Å²) < 4.78 is 16.2. The highest BCUT2D eigenvalue weighted by Gasteiger charge is 2.20. The van der Waals surface area contributed by atoms with E-state index in [-0.39, 0.29) is 25.3 Å². The molecule has 3 rings (SSSR count). The van der Waals surface area contributed by atoms with Crippen LogP contribution in [0.1, 0.15) is 28.3 Å². The standard InChI is InChI=1S/C24H21ClN2O5/c1-17-14-18(8-10-21(17)25)27(13-5-12-26)23(28)16-31-24(29)22-11-9-20(32-22)15-30-19-6-3-2-4-7-19/h2-4,6-11,14H,5,13,15-16H2,1H3. The fraction of sp³-hybridized carbons (Fsp3) is 0.208. The second kappa shape index (κ2) is 11.0. The Hall–Kier alpha value is -3.76. The third-order valence-electron chi connectivity index (χ3n) is 4.52. The average Bonchev–Trinajstić information content (AvgIpc) is 3.28. The van der Waals surface area contributed by atoms with Gasteiger partial charge in [0, 0.05) is 17.3 Å². The second-order valence-electron chi connectivity index (χ2n) is 6.83. The minimum absolute atomic E-state index is 0.0321. The van der Waals surface area contributed by atoms with Crippen molar-refractivity contribution in [1.29, 1.82) is 5.26 Å². The Kier molecular flexibility index (Phi) is 7.90. The minimum Gasteiger partial charge on any atom is -0.486 e. The van der Waals surface area contributed by atoms with Gasteiger partial charge in [-0.25, -0.2) is 4.79 Å². The van der Waals surface area contributed by atoms with Gasteiger partial charge in [0.2, 0.25) is 5.76 Å². The number of hydrogen-bond donors (Lipinski definition) is 0. The number of benzene rings is 2. The lowest BCUT2D eigenvalue weighted by atomic mass is 10.2. The van der Waals surface area contributed by atoms with Crippen LogP contribution in [0.25, 0.3) is 0 Å². The summed E-state index contributed by atoms with van der Waals surface area (Å²) in [5.74, 6) is -0.144. The maximum atomic E-state index is 12.7. The summed E-state index contributed by atoms with van der Waals surface area (Å²) in [6.45, 7) is 1.63. The molecule has 1 aromatic heterocycles. The molecule has 0 spiro atoms. The summed E-state index contributed by atoms with van der Waals surface area (Å²) in [5.41, 5.74) is 1.36. The number of para-hydroxylation sites is 1. The van der Waals surface area contributed by atoms with Crippen molar-refractivity contribution in [3.8, 4) is 11.8 Å². The quantitative estimate of drug-likeness (QED) is 0.427. The molecular formula is C24H21ClN2O5. The van der Waals surface area contributed by atoms with E-state index in [0.29, 0.717) is 22.2 Å². The van der Waals surface area contributed by atoms with Gasteiger partial charge >= 0.3 is 5.97 Å². The van der Waals surface area contributed by atoms with Crippen LogP contribution in [0.2, 0.25) is 5.02 Å². The Bertz CT molecular complexity index is 1120. The molecule has 0 saturated heterocycles. The smallest absolute Gasteiger partial charge is 0.374 e. The molecule has 0 unspecified atom stereocenters. The number of ether oxygens (including phenoxy) is 2. The number of rotatable bonds is 9. The fourth-order valence-corrected chi connectivity index (χ4v) is 2.99. The summed E-state index contributed by atoms with van der Waals surface area (Å²) in [5, 5.41) is 9.48. The molecule has 1 heterocycles. The normalized spacial score (nSPS) is 10.3. The first-order valence-electron chi connectivity index (χ1n) is 9.85. The number of hydrogen-bond acceptors (Lipinski definition) is 6. The predicted octanol–water partition coefficient (Wildman–Crippen LogP) is 4.92. The van der Waals surface area contributed by atoms with Crippen molar-refractivity contribution in [2.24, 2.45) is 0 Å². The van der Waals surface area contributed by atoms with Gasteiger partial charge in [0.05, 0.1) is 12.5 Å². The molecule has 0 atom stereocenters. The predicted molar refractivity (Wildman–Crippen MR) is 119 cm³/mol. The summed E-state index contributed by atoms with van der Waals surface area (Å²) in [6, 6.07) is 19.4. The van der Waals surface area contributed by atoms with E-state index in [4.69, 9.17) is 30.8 Å². The van der Waals surface area contributed by atoms with Gasteiger partial charge < -0.3 is 18.8 Å². The van der Waals surface area contributed by atoms with E-state index in [0.717, 1.165) is 5.56 Å². The molecule has 8 heteroatoms. The summed E-state index contributed by atoms with van der Waals surface area (Å²) in [4.78, 5) is 26.4. The number of amides is 1. The van der Waals surface area contributed by atoms with E-state index in [9.17, 15) is 9.59 Å². The van der Waals surface area contributed by atoms with Crippen LogP contribution >= 0.6 is 11.6 Å². The van der Waals surface area contributed by atoms with Crippen LogP contribution in [0.4, 0.5) is 5.69 Å².